The van der Waals surface area contributed by atoms with Crippen molar-refractivity contribution in [2.24, 2.45) is 17.4 Å². The average Bonchev–Trinajstić information content (AvgIpc) is 3.45. The van der Waals surface area contributed by atoms with Gasteiger partial charge >= 0.3 is 24.1 Å². The van der Waals surface area contributed by atoms with Crippen LogP contribution >= 0.6 is 0 Å². The van der Waals surface area contributed by atoms with Crippen LogP contribution in [0, 0.1) is 16.0 Å². The van der Waals surface area contributed by atoms with Gasteiger partial charge in [-0.1, -0.05) is 32.4 Å². The average molecular weight is 792 g/mol. The van der Waals surface area contributed by atoms with E-state index in [0.717, 1.165) is 23.4 Å². The minimum Gasteiger partial charge on any atom is -0.480 e. The van der Waals surface area contributed by atoms with Gasteiger partial charge in [-0.15, -0.1) is 0 Å². The Morgan fingerprint density at radius 2 is 1.45 bits per heavy atom. The first-order valence-electron chi connectivity index (χ1n) is 17.0. The van der Waals surface area contributed by atoms with Gasteiger partial charge in [0.2, 0.25) is 5.91 Å². The number of urea groups is 1. The highest BCUT2D eigenvalue weighted by Crippen LogP contribution is 2.17. The number of benzene rings is 2. The van der Waals surface area contributed by atoms with Crippen molar-refractivity contribution in [1.82, 2.24) is 15.5 Å². The third kappa shape index (κ3) is 22.5. The quantitative estimate of drug-likeness (QED) is 0.0210. The molecule has 0 fully saturated rings. The van der Waals surface area contributed by atoms with Gasteiger partial charge in [0, 0.05) is 49.5 Å². The largest absolute Gasteiger partial charge is 0.511 e. The van der Waals surface area contributed by atoms with E-state index in [9.17, 15) is 43.7 Å². The molecule has 1 heterocycles. The lowest BCUT2D eigenvalue weighted by molar-refractivity contribution is -0.384. The summed E-state index contributed by atoms with van der Waals surface area (Å²) >= 11 is 0. The predicted octanol–water partition coefficient (Wildman–Crippen LogP) is 1.96. The molecule has 2 aromatic carbocycles. The number of aliphatic hydroxyl groups is 1. The number of nitro groups is 1. The number of nitrogens with zero attached hydrogens (tertiary/aromatic N) is 2. The summed E-state index contributed by atoms with van der Waals surface area (Å²) in [5.74, 6) is -3.10. The monoisotopic (exact) mass is 791 g/mol. The summed E-state index contributed by atoms with van der Waals surface area (Å²) in [5.41, 5.74) is 16.9. The van der Waals surface area contributed by atoms with E-state index >= 15 is 0 Å². The summed E-state index contributed by atoms with van der Waals surface area (Å²) in [6.07, 6.45) is 4.00. The summed E-state index contributed by atoms with van der Waals surface area (Å²) in [4.78, 5) is 86.4. The summed E-state index contributed by atoms with van der Waals surface area (Å²) in [5, 5.41) is 49.1. The lowest BCUT2D eigenvalue weighted by Crippen LogP contribution is -2.44. The number of hydrogen-bond acceptors (Lipinski definition) is 13. The Kier molecular flexibility index (Phi) is 23.9. The van der Waals surface area contributed by atoms with E-state index in [0.29, 0.717) is 45.2 Å². The third-order valence-corrected chi connectivity index (χ3v) is 7.16. The molecule has 5 amide bonds. The Morgan fingerprint density at radius 3 is 1.89 bits per heavy atom. The SMILES string of the molecule is CC(C)C(NC(=O)CCCCCN1C(=O)C=CC1=O)C(=O)O.NC(=O)NCCCC(N)C(=O)O.Nc1ccc(CO)cc1.O=C(O)Oc1ccc([N+](=O)[O-])cc1. The molecular weight excluding hydrogens is 742 g/mol. The second-order valence-corrected chi connectivity index (χ2v) is 12.0. The summed E-state index contributed by atoms with van der Waals surface area (Å²) in [6, 6.07) is 9.55. The van der Waals surface area contributed by atoms with E-state index in [2.05, 4.69) is 15.4 Å². The fourth-order valence-corrected chi connectivity index (χ4v) is 4.16. The van der Waals surface area contributed by atoms with E-state index < -0.39 is 41.1 Å². The molecular formula is C35H49N7O14. The molecule has 2 aromatic rings. The van der Waals surface area contributed by atoms with Gasteiger partial charge in [-0.05, 0) is 61.4 Å². The van der Waals surface area contributed by atoms with E-state index in [1.165, 1.54) is 29.2 Å². The first-order valence-corrected chi connectivity index (χ1v) is 17.0. The molecule has 0 spiro atoms. The molecule has 0 saturated carbocycles. The number of ether oxygens (including phenoxy) is 1. The van der Waals surface area contributed by atoms with Gasteiger partial charge in [-0.3, -0.25) is 34.2 Å². The highest BCUT2D eigenvalue weighted by Gasteiger charge is 2.24. The van der Waals surface area contributed by atoms with Gasteiger partial charge in [0.05, 0.1) is 11.5 Å². The molecule has 21 nitrogen and oxygen atoms in total. The Hall–Kier alpha value is -6.61. The molecule has 0 aliphatic carbocycles. The zero-order chi connectivity index (χ0) is 42.8. The number of primary amides is 1. The molecule has 2 atom stereocenters. The van der Waals surface area contributed by atoms with E-state index in [1.54, 1.807) is 38.1 Å². The van der Waals surface area contributed by atoms with Crippen molar-refractivity contribution in [3.05, 3.63) is 76.4 Å². The number of hydrogen-bond donors (Lipinski definition) is 9. The zero-order valence-corrected chi connectivity index (χ0v) is 30.9. The maximum absolute atomic E-state index is 11.7. The highest BCUT2D eigenvalue weighted by atomic mass is 16.7. The number of nitro benzene ring substituents is 1. The Morgan fingerprint density at radius 1 is 0.875 bits per heavy atom. The summed E-state index contributed by atoms with van der Waals surface area (Å²) in [7, 11) is 0. The third-order valence-electron chi connectivity index (χ3n) is 7.16. The Balaban J connectivity index is 0.000000765. The normalized spacial score (nSPS) is 12.3. The number of carboxylic acids is 2. The maximum Gasteiger partial charge on any atom is 0.511 e. The van der Waals surface area contributed by atoms with E-state index in [1.807, 2.05) is 0 Å². The maximum atomic E-state index is 11.7. The van der Waals surface area contributed by atoms with Crippen LogP contribution in [0.25, 0.3) is 0 Å². The second kappa shape index (κ2) is 27.0. The smallest absolute Gasteiger partial charge is 0.480 e. The van der Waals surface area contributed by atoms with Crippen molar-refractivity contribution in [3.8, 4) is 5.75 Å². The fourth-order valence-electron chi connectivity index (χ4n) is 4.16. The van der Waals surface area contributed by atoms with Gasteiger partial charge in [0.25, 0.3) is 17.5 Å². The lowest BCUT2D eigenvalue weighted by atomic mass is 10.0. The number of imide groups is 1. The molecule has 0 bridgehead atoms. The number of rotatable bonds is 17. The molecule has 308 valence electrons. The standard InChI is InChI=1S/C15H22N2O5.C7H5NO5.C7H9NO.C6H13N3O3/c1-10(2)14(15(21)22)16-11(18)6-4-3-5-9-17-12(19)7-8-13(17)20;9-7(10)13-6-3-1-5(2-4-6)8(11)12;8-7-3-1-6(5-9)2-4-7;7-4(5(10)11)2-1-3-9-6(8)12/h7-8,10,14H,3-6,9H2,1-2H3,(H,16,18)(H,21,22);1-4H,(H,9,10);1-4,9H,5,8H2;4H,1-3,7H2,(H,10,11)(H3,8,9,12). The van der Waals surface area contributed by atoms with Crippen molar-refractivity contribution < 1.29 is 63.6 Å². The molecule has 3 rings (SSSR count). The molecule has 0 saturated heterocycles. The van der Waals surface area contributed by atoms with E-state index in [-0.39, 0.29) is 48.1 Å². The van der Waals surface area contributed by atoms with Crippen LogP contribution in [0.2, 0.25) is 0 Å². The number of unbranched alkanes of at least 4 members (excludes halogenated alkanes) is 2. The van der Waals surface area contributed by atoms with Crippen LogP contribution in [0.3, 0.4) is 0 Å². The number of amides is 5. The number of carbonyl (C=O) groups excluding carboxylic acids is 4. The van der Waals surface area contributed by atoms with Crippen molar-refractivity contribution in [1.29, 1.82) is 0 Å². The number of nitrogens with two attached hydrogens (primary N) is 3. The van der Waals surface area contributed by atoms with Gasteiger partial charge in [-0.2, -0.15) is 0 Å². The topological polar surface area (TPSA) is 358 Å². The number of non-ortho nitro benzene ring substituents is 1. The Labute approximate surface area is 321 Å². The van der Waals surface area contributed by atoms with Crippen molar-refractivity contribution in [2.45, 2.75) is 71.1 Å². The molecule has 2 unspecified atom stereocenters. The van der Waals surface area contributed by atoms with Crippen molar-refractivity contribution >= 4 is 53.2 Å². The number of aliphatic hydroxyl groups excluding tert-OH is 1. The number of carbonyl (C=O) groups is 7. The Bertz CT molecular complexity index is 1620. The van der Waals surface area contributed by atoms with Gasteiger partial charge in [0.1, 0.15) is 17.8 Å². The number of carboxylic acid groups (broad SMARTS) is 3. The minimum absolute atomic E-state index is 0.0538. The second-order valence-electron chi connectivity index (χ2n) is 12.0. The first-order chi connectivity index (χ1) is 26.3. The predicted molar refractivity (Wildman–Crippen MR) is 200 cm³/mol. The van der Waals surface area contributed by atoms with Gasteiger partial charge in [-0.25, -0.2) is 14.4 Å². The molecule has 0 aromatic heterocycles. The molecule has 1 aliphatic rings. The number of anilines is 1. The number of aliphatic carboxylic acids is 2. The molecule has 56 heavy (non-hydrogen) atoms. The van der Waals surface area contributed by atoms with Crippen LogP contribution in [0.1, 0.15) is 57.9 Å². The summed E-state index contributed by atoms with van der Waals surface area (Å²) < 4.78 is 4.24. The highest BCUT2D eigenvalue weighted by molar-refractivity contribution is 6.12. The van der Waals surface area contributed by atoms with Crippen molar-refractivity contribution in [2.75, 3.05) is 18.8 Å². The molecule has 12 N–H and O–H groups in total. The van der Waals surface area contributed by atoms with Crippen LogP contribution in [-0.2, 0) is 30.6 Å². The molecule has 21 heteroatoms. The zero-order valence-electron chi connectivity index (χ0n) is 30.9. The van der Waals surface area contributed by atoms with Crippen LogP contribution in [0.4, 0.5) is 21.0 Å². The van der Waals surface area contributed by atoms with Crippen LogP contribution in [0.15, 0.2) is 60.7 Å². The first kappa shape index (κ1) is 49.4. The summed E-state index contributed by atoms with van der Waals surface area (Å²) in [6.45, 7) is 4.25. The van der Waals surface area contributed by atoms with Crippen molar-refractivity contribution in [3.63, 3.8) is 0 Å². The molecule has 0 radical (unpaired) electrons. The van der Waals surface area contributed by atoms with Crippen LogP contribution in [-0.4, -0.2) is 97.3 Å². The lowest BCUT2D eigenvalue weighted by Gasteiger charge is -2.18. The number of nitrogens with one attached hydrogen (secondary N) is 2. The fraction of sp³-hybridized carbons (Fsp3) is 0.400. The molecule has 1 aliphatic heterocycles. The van der Waals surface area contributed by atoms with Crippen LogP contribution < -0.4 is 32.6 Å². The van der Waals surface area contributed by atoms with Gasteiger partial charge < -0.3 is 53.0 Å². The number of nitrogen functional groups attached to an aromatic ring is 1. The van der Waals surface area contributed by atoms with E-state index in [4.69, 9.17) is 37.6 Å². The minimum atomic E-state index is -1.45. The van der Waals surface area contributed by atoms with Crippen LogP contribution in [0.5, 0.6) is 5.75 Å². The van der Waals surface area contributed by atoms with Gasteiger partial charge in [0.15, 0.2) is 0 Å².